The predicted molar refractivity (Wildman–Crippen MR) is 104 cm³/mol. The van der Waals surface area contributed by atoms with Gasteiger partial charge >= 0.3 is 0 Å². The van der Waals surface area contributed by atoms with Gasteiger partial charge in [-0.3, -0.25) is 14.7 Å². The average molecular weight is 367 g/mol. The number of carbonyl (C=O) groups excluding carboxylic acids is 2. The Morgan fingerprint density at radius 3 is 2.63 bits per heavy atom. The number of amides is 2. The SMILES string of the molecule is Cc1c(NC(=O)c2ccc(N3CCCC(C(N)=O)C3)cc2)n[nH]c1C1CC1. The normalized spacial score (nSPS) is 19.7. The van der Waals surface area contributed by atoms with E-state index in [1.54, 1.807) is 0 Å². The molecule has 2 aromatic rings. The van der Waals surface area contributed by atoms with Crippen molar-refractivity contribution in [2.24, 2.45) is 11.7 Å². The minimum Gasteiger partial charge on any atom is -0.371 e. The number of hydrogen-bond donors (Lipinski definition) is 3. The second-order valence-corrected chi connectivity index (χ2v) is 7.57. The molecule has 0 spiro atoms. The molecule has 1 saturated carbocycles. The summed E-state index contributed by atoms with van der Waals surface area (Å²) < 4.78 is 0. The topological polar surface area (TPSA) is 104 Å². The van der Waals surface area contributed by atoms with Crippen molar-refractivity contribution in [2.75, 3.05) is 23.3 Å². The molecule has 0 radical (unpaired) electrons. The van der Waals surface area contributed by atoms with E-state index in [4.69, 9.17) is 5.73 Å². The smallest absolute Gasteiger partial charge is 0.256 e. The monoisotopic (exact) mass is 367 g/mol. The maximum atomic E-state index is 12.6. The van der Waals surface area contributed by atoms with Crippen LogP contribution >= 0.6 is 0 Å². The number of benzene rings is 1. The Bertz CT molecular complexity index is 854. The van der Waals surface area contributed by atoms with Crippen molar-refractivity contribution >= 4 is 23.3 Å². The Labute approximate surface area is 158 Å². The van der Waals surface area contributed by atoms with Gasteiger partial charge in [-0.15, -0.1) is 0 Å². The molecule has 2 amide bonds. The number of anilines is 2. The molecule has 1 saturated heterocycles. The lowest BCUT2D eigenvalue weighted by molar-refractivity contribution is -0.122. The van der Waals surface area contributed by atoms with Crippen molar-refractivity contribution < 1.29 is 9.59 Å². The molecule has 1 aliphatic heterocycles. The van der Waals surface area contributed by atoms with E-state index in [1.165, 1.54) is 12.8 Å². The minimum absolute atomic E-state index is 0.106. The second-order valence-electron chi connectivity index (χ2n) is 7.57. The summed E-state index contributed by atoms with van der Waals surface area (Å²) in [6.45, 7) is 3.52. The zero-order valence-electron chi connectivity index (χ0n) is 15.5. The van der Waals surface area contributed by atoms with Gasteiger partial charge in [0.25, 0.3) is 5.91 Å². The van der Waals surface area contributed by atoms with Crippen molar-refractivity contribution in [3.63, 3.8) is 0 Å². The summed E-state index contributed by atoms with van der Waals surface area (Å²) >= 11 is 0. The number of aromatic amines is 1. The van der Waals surface area contributed by atoms with Gasteiger partial charge in [0, 0.05) is 41.5 Å². The first-order valence-electron chi connectivity index (χ1n) is 9.53. The highest BCUT2D eigenvalue weighted by Gasteiger charge is 2.28. The number of nitrogens with zero attached hydrogens (tertiary/aromatic N) is 2. The predicted octanol–water partition coefficient (Wildman–Crippen LogP) is 2.55. The Morgan fingerprint density at radius 1 is 1.22 bits per heavy atom. The number of nitrogens with two attached hydrogens (primary N) is 1. The number of H-pyrrole nitrogens is 1. The molecule has 7 nitrogen and oxygen atoms in total. The number of nitrogens with one attached hydrogen (secondary N) is 2. The first-order chi connectivity index (χ1) is 13.0. The minimum atomic E-state index is -0.240. The van der Waals surface area contributed by atoms with Crippen LogP contribution in [0, 0.1) is 12.8 Å². The Morgan fingerprint density at radius 2 is 1.96 bits per heavy atom. The van der Waals surface area contributed by atoms with Gasteiger partial charge in [0.1, 0.15) is 0 Å². The third-order valence-electron chi connectivity index (χ3n) is 5.58. The van der Waals surface area contributed by atoms with Crippen LogP contribution < -0.4 is 16.0 Å². The first-order valence-corrected chi connectivity index (χ1v) is 9.53. The van der Waals surface area contributed by atoms with Crippen LogP contribution in [0.2, 0.25) is 0 Å². The Kier molecular flexibility index (Phi) is 4.59. The van der Waals surface area contributed by atoms with Crippen molar-refractivity contribution in [1.29, 1.82) is 0 Å². The van der Waals surface area contributed by atoms with E-state index in [2.05, 4.69) is 20.4 Å². The molecule has 7 heteroatoms. The van der Waals surface area contributed by atoms with Crippen LogP contribution in [-0.4, -0.2) is 35.1 Å². The lowest BCUT2D eigenvalue weighted by Crippen LogP contribution is -2.41. The van der Waals surface area contributed by atoms with E-state index in [9.17, 15) is 9.59 Å². The largest absolute Gasteiger partial charge is 0.371 e. The molecule has 2 fully saturated rings. The van der Waals surface area contributed by atoms with E-state index in [0.717, 1.165) is 36.3 Å². The lowest BCUT2D eigenvalue weighted by atomic mass is 9.97. The molecule has 1 aromatic carbocycles. The van der Waals surface area contributed by atoms with Crippen molar-refractivity contribution in [2.45, 2.75) is 38.5 Å². The standard InChI is InChI=1S/C20H25N5O2/c1-12-17(13-4-5-13)23-24-19(12)22-20(27)14-6-8-16(9-7-14)25-10-2-3-15(11-25)18(21)26/h6-9,13,15H,2-5,10-11H2,1H3,(H2,21,26)(H2,22,23,24,27). The highest BCUT2D eigenvalue weighted by Crippen LogP contribution is 2.41. The molecular weight excluding hydrogens is 342 g/mol. The van der Waals surface area contributed by atoms with Crippen LogP contribution in [0.25, 0.3) is 0 Å². The van der Waals surface area contributed by atoms with Gasteiger partial charge in [-0.2, -0.15) is 5.10 Å². The highest BCUT2D eigenvalue weighted by atomic mass is 16.2. The molecule has 2 aliphatic rings. The van der Waals surface area contributed by atoms with E-state index in [0.29, 0.717) is 23.8 Å². The van der Waals surface area contributed by atoms with Gasteiger partial charge in [-0.05, 0) is 56.9 Å². The molecule has 4 N–H and O–H groups in total. The molecular formula is C20H25N5O2. The molecule has 4 rings (SSSR count). The van der Waals surface area contributed by atoms with Crippen LogP contribution in [0.1, 0.15) is 53.2 Å². The van der Waals surface area contributed by atoms with Gasteiger partial charge in [0.15, 0.2) is 5.82 Å². The summed E-state index contributed by atoms with van der Waals surface area (Å²) in [6.07, 6.45) is 4.16. The second kappa shape index (κ2) is 7.06. The molecule has 1 atom stereocenters. The third-order valence-corrected chi connectivity index (χ3v) is 5.58. The summed E-state index contributed by atoms with van der Waals surface area (Å²) in [4.78, 5) is 26.2. The zero-order chi connectivity index (χ0) is 19.0. The van der Waals surface area contributed by atoms with E-state index < -0.39 is 0 Å². The Balaban J connectivity index is 1.42. The quantitative estimate of drug-likeness (QED) is 0.755. The molecule has 1 aromatic heterocycles. The lowest BCUT2D eigenvalue weighted by Gasteiger charge is -2.33. The Hall–Kier alpha value is -2.83. The number of hydrogen-bond acceptors (Lipinski definition) is 4. The average Bonchev–Trinajstić information content (AvgIpc) is 3.46. The summed E-state index contributed by atoms with van der Waals surface area (Å²) in [5, 5.41) is 10.2. The van der Waals surface area contributed by atoms with Crippen molar-refractivity contribution in [3.05, 3.63) is 41.1 Å². The van der Waals surface area contributed by atoms with Crippen LogP contribution in [0.15, 0.2) is 24.3 Å². The summed E-state index contributed by atoms with van der Waals surface area (Å²) in [5.41, 5.74) is 9.19. The van der Waals surface area contributed by atoms with Gasteiger partial charge in [-0.1, -0.05) is 0 Å². The zero-order valence-corrected chi connectivity index (χ0v) is 15.5. The number of aromatic nitrogens is 2. The number of piperidine rings is 1. The maximum absolute atomic E-state index is 12.6. The fourth-order valence-corrected chi connectivity index (χ4v) is 3.75. The number of rotatable bonds is 5. The number of carbonyl (C=O) groups is 2. The van der Waals surface area contributed by atoms with Crippen molar-refractivity contribution in [3.8, 4) is 0 Å². The van der Waals surface area contributed by atoms with E-state index >= 15 is 0 Å². The summed E-state index contributed by atoms with van der Waals surface area (Å²) in [6, 6.07) is 7.46. The van der Waals surface area contributed by atoms with Crippen LogP contribution in [0.3, 0.4) is 0 Å². The maximum Gasteiger partial charge on any atom is 0.256 e. The number of primary amides is 1. The molecule has 2 heterocycles. The first kappa shape index (κ1) is 17.6. The van der Waals surface area contributed by atoms with Gasteiger partial charge in [0.05, 0.1) is 5.92 Å². The summed E-state index contributed by atoms with van der Waals surface area (Å²) in [5.74, 6) is 0.648. The summed E-state index contributed by atoms with van der Waals surface area (Å²) in [7, 11) is 0. The fourth-order valence-electron chi connectivity index (χ4n) is 3.75. The molecule has 1 aliphatic carbocycles. The van der Waals surface area contributed by atoms with Crippen LogP contribution in [-0.2, 0) is 4.79 Å². The van der Waals surface area contributed by atoms with Crippen LogP contribution in [0.5, 0.6) is 0 Å². The molecule has 27 heavy (non-hydrogen) atoms. The van der Waals surface area contributed by atoms with E-state index in [1.807, 2.05) is 31.2 Å². The molecule has 0 bridgehead atoms. The molecule has 1 unspecified atom stereocenters. The van der Waals surface area contributed by atoms with E-state index in [-0.39, 0.29) is 17.7 Å². The third kappa shape index (κ3) is 3.67. The van der Waals surface area contributed by atoms with Gasteiger partial charge in [0.2, 0.25) is 5.91 Å². The van der Waals surface area contributed by atoms with Crippen molar-refractivity contribution in [1.82, 2.24) is 10.2 Å². The molecule has 142 valence electrons. The van der Waals surface area contributed by atoms with Crippen LogP contribution in [0.4, 0.5) is 11.5 Å². The van der Waals surface area contributed by atoms with Gasteiger partial charge in [-0.25, -0.2) is 0 Å². The highest BCUT2D eigenvalue weighted by molar-refractivity contribution is 6.04. The van der Waals surface area contributed by atoms with Gasteiger partial charge < -0.3 is 16.0 Å². The fraction of sp³-hybridized carbons (Fsp3) is 0.450.